The van der Waals surface area contributed by atoms with Gasteiger partial charge in [-0.3, -0.25) is 0 Å². The molecule has 0 fully saturated rings. The van der Waals surface area contributed by atoms with Crippen LogP contribution in [0.3, 0.4) is 0 Å². The lowest BCUT2D eigenvalue weighted by Gasteiger charge is -2.28. The van der Waals surface area contributed by atoms with Crippen LogP contribution in [0.2, 0.25) is 0 Å². The fraction of sp³-hybridized carbons (Fsp3) is 0.462. The molecule has 1 aromatic carbocycles. The van der Waals surface area contributed by atoms with E-state index in [0.29, 0.717) is 18.3 Å². The summed E-state index contributed by atoms with van der Waals surface area (Å²) in [4.78, 5) is 2.22. The van der Waals surface area contributed by atoms with Gasteiger partial charge >= 0.3 is 0 Å². The topological polar surface area (TPSA) is 27.0 Å². The van der Waals surface area contributed by atoms with Crippen molar-refractivity contribution in [1.82, 2.24) is 0 Å². The molecule has 1 rings (SSSR count). The van der Waals surface area contributed by atoms with Crippen molar-refractivity contribution in [2.75, 3.05) is 11.4 Å². The van der Waals surface area contributed by atoms with Crippen LogP contribution in [0.1, 0.15) is 25.8 Å². The third kappa shape index (κ3) is 3.43. The summed E-state index contributed by atoms with van der Waals surface area (Å²) in [6.07, 6.45) is 0.551. The second-order valence-corrected chi connectivity index (χ2v) is 4.26. The number of nitrogens with zero attached hydrogens (tertiary/aromatic N) is 2. The zero-order chi connectivity index (χ0) is 12.0. The molecule has 0 aliphatic carbocycles. The molecule has 0 aliphatic heterocycles. The molecule has 0 aliphatic rings. The summed E-state index contributed by atoms with van der Waals surface area (Å²) in [6.45, 7) is 5.04. The molecule has 3 heteroatoms. The van der Waals surface area contributed by atoms with E-state index in [-0.39, 0.29) is 0 Å². The third-order valence-corrected chi connectivity index (χ3v) is 2.82. The lowest BCUT2D eigenvalue weighted by molar-refractivity contribution is 0.686. The molecule has 0 unspecified atom stereocenters. The number of anilines is 1. The maximum Gasteiger partial charge on any atom is 0.0640 e. The van der Waals surface area contributed by atoms with Crippen molar-refractivity contribution in [3.63, 3.8) is 0 Å². The van der Waals surface area contributed by atoms with E-state index in [0.717, 1.165) is 17.8 Å². The first-order valence-corrected chi connectivity index (χ1v) is 6.01. The highest BCUT2D eigenvalue weighted by Crippen LogP contribution is 2.18. The maximum atomic E-state index is 8.63. The average Bonchev–Trinajstić information content (AvgIpc) is 2.30. The second-order valence-electron chi connectivity index (χ2n) is 4.00. The van der Waals surface area contributed by atoms with Gasteiger partial charge in [-0.2, -0.15) is 5.26 Å². The van der Waals surface area contributed by atoms with Crippen molar-refractivity contribution < 1.29 is 0 Å². The van der Waals surface area contributed by atoms with E-state index in [9.17, 15) is 0 Å². The largest absolute Gasteiger partial charge is 0.368 e. The number of nitriles is 1. The van der Waals surface area contributed by atoms with E-state index in [1.54, 1.807) is 0 Å². The van der Waals surface area contributed by atoms with Crippen molar-refractivity contribution in [2.45, 2.75) is 32.2 Å². The predicted octanol–water partition coefficient (Wildman–Crippen LogP) is 3.55. The van der Waals surface area contributed by atoms with Crippen LogP contribution in [-0.4, -0.2) is 12.6 Å². The average molecular weight is 237 g/mol. The Morgan fingerprint density at radius 2 is 1.94 bits per heavy atom. The molecular formula is C13H17ClN2. The van der Waals surface area contributed by atoms with Crippen LogP contribution < -0.4 is 4.90 Å². The second kappa shape index (κ2) is 6.40. The highest BCUT2D eigenvalue weighted by atomic mass is 35.5. The van der Waals surface area contributed by atoms with Gasteiger partial charge in [0.1, 0.15) is 0 Å². The van der Waals surface area contributed by atoms with Gasteiger partial charge in [-0.1, -0.05) is 12.1 Å². The molecule has 16 heavy (non-hydrogen) atoms. The standard InChI is InChI=1S/C13H17ClN2/c1-11(2)16(9-3-8-15)13-6-4-12(10-14)5-7-13/h4-7,11H,3,9-10H2,1-2H3. The van der Waals surface area contributed by atoms with Crippen LogP contribution in [0.25, 0.3) is 0 Å². The molecule has 0 saturated heterocycles. The molecule has 1 aromatic rings. The molecule has 0 saturated carbocycles. The van der Waals surface area contributed by atoms with Gasteiger partial charge in [0.25, 0.3) is 0 Å². The summed E-state index contributed by atoms with van der Waals surface area (Å²) in [5.74, 6) is 0.542. The van der Waals surface area contributed by atoms with Crippen molar-refractivity contribution in [3.05, 3.63) is 29.8 Å². The Bertz CT molecular complexity index is 351. The van der Waals surface area contributed by atoms with Crippen LogP contribution in [0.4, 0.5) is 5.69 Å². The summed E-state index contributed by atoms with van der Waals surface area (Å²) in [5, 5.41) is 8.63. The van der Waals surface area contributed by atoms with Gasteiger partial charge in [-0.25, -0.2) is 0 Å². The van der Waals surface area contributed by atoms with Crippen molar-refractivity contribution in [1.29, 1.82) is 5.26 Å². The highest BCUT2D eigenvalue weighted by molar-refractivity contribution is 6.17. The summed E-state index contributed by atoms with van der Waals surface area (Å²) < 4.78 is 0. The number of hydrogen-bond acceptors (Lipinski definition) is 2. The summed E-state index contributed by atoms with van der Waals surface area (Å²) in [5.41, 5.74) is 2.27. The monoisotopic (exact) mass is 236 g/mol. The number of benzene rings is 1. The van der Waals surface area contributed by atoms with Gasteiger partial charge in [0.15, 0.2) is 0 Å². The molecule has 0 amide bonds. The fourth-order valence-corrected chi connectivity index (χ4v) is 1.81. The summed E-state index contributed by atoms with van der Waals surface area (Å²) >= 11 is 5.75. The van der Waals surface area contributed by atoms with Gasteiger partial charge in [0.05, 0.1) is 12.5 Å². The van der Waals surface area contributed by atoms with Crippen molar-refractivity contribution in [3.8, 4) is 6.07 Å². The van der Waals surface area contributed by atoms with Crippen LogP contribution in [-0.2, 0) is 5.88 Å². The molecule has 0 spiro atoms. The van der Waals surface area contributed by atoms with Crippen molar-refractivity contribution in [2.24, 2.45) is 0 Å². The molecule has 86 valence electrons. The lowest BCUT2D eigenvalue weighted by atomic mass is 10.2. The van der Waals surface area contributed by atoms with Crippen LogP contribution in [0.5, 0.6) is 0 Å². The van der Waals surface area contributed by atoms with E-state index in [2.05, 4.69) is 36.9 Å². The molecule has 0 bridgehead atoms. The molecular weight excluding hydrogens is 220 g/mol. The minimum absolute atomic E-state index is 0.398. The quantitative estimate of drug-likeness (QED) is 0.731. The minimum atomic E-state index is 0.398. The van der Waals surface area contributed by atoms with Gasteiger partial charge in [-0.15, -0.1) is 11.6 Å². The Morgan fingerprint density at radius 1 is 1.31 bits per heavy atom. The SMILES string of the molecule is CC(C)N(CCC#N)c1ccc(CCl)cc1. The first kappa shape index (κ1) is 12.9. The van der Waals surface area contributed by atoms with Crippen LogP contribution >= 0.6 is 11.6 Å². The summed E-state index contributed by atoms with van der Waals surface area (Å²) in [6, 6.07) is 10.8. The van der Waals surface area contributed by atoms with E-state index in [1.807, 2.05) is 12.1 Å². The Labute approximate surface area is 102 Å². The molecule has 0 heterocycles. The number of rotatable bonds is 5. The normalized spacial score (nSPS) is 10.2. The van der Waals surface area contributed by atoms with Crippen LogP contribution in [0.15, 0.2) is 24.3 Å². The Hall–Kier alpha value is -1.20. The molecule has 0 atom stereocenters. The summed E-state index contributed by atoms with van der Waals surface area (Å²) in [7, 11) is 0. The Kier molecular flexibility index (Phi) is 5.14. The zero-order valence-electron chi connectivity index (χ0n) is 9.78. The van der Waals surface area contributed by atoms with Gasteiger partial charge in [0, 0.05) is 24.2 Å². The van der Waals surface area contributed by atoms with Gasteiger partial charge in [-0.05, 0) is 31.5 Å². The third-order valence-electron chi connectivity index (χ3n) is 2.51. The smallest absolute Gasteiger partial charge is 0.0640 e. The number of hydrogen-bond donors (Lipinski definition) is 0. The van der Waals surface area contributed by atoms with Crippen molar-refractivity contribution >= 4 is 17.3 Å². The van der Waals surface area contributed by atoms with E-state index >= 15 is 0 Å². The molecule has 2 nitrogen and oxygen atoms in total. The predicted molar refractivity (Wildman–Crippen MR) is 68.7 cm³/mol. The van der Waals surface area contributed by atoms with E-state index < -0.39 is 0 Å². The van der Waals surface area contributed by atoms with Gasteiger partial charge in [0.2, 0.25) is 0 Å². The van der Waals surface area contributed by atoms with E-state index in [4.69, 9.17) is 16.9 Å². The fourth-order valence-electron chi connectivity index (χ4n) is 1.63. The maximum absolute atomic E-state index is 8.63. The number of halogens is 1. The van der Waals surface area contributed by atoms with Crippen LogP contribution in [0, 0.1) is 11.3 Å². The van der Waals surface area contributed by atoms with Gasteiger partial charge < -0.3 is 4.90 Å². The molecule has 0 aromatic heterocycles. The first-order valence-electron chi connectivity index (χ1n) is 5.47. The first-order chi connectivity index (χ1) is 7.69. The highest BCUT2D eigenvalue weighted by Gasteiger charge is 2.09. The van der Waals surface area contributed by atoms with E-state index in [1.165, 1.54) is 0 Å². The Balaban J connectivity index is 2.80. The lowest BCUT2D eigenvalue weighted by Crippen LogP contribution is -2.31. The minimum Gasteiger partial charge on any atom is -0.368 e. The molecule has 0 N–H and O–H groups in total. The molecule has 0 radical (unpaired) electrons. The zero-order valence-corrected chi connectivity index (χ0v) is 10.5. The Morgan fingerprint density at radius 3 is 2.38 bits per heavy atom. The number of alkyl halides is 1.